The number of hydrogen-bond donors (Lipinski definition) is 0. The molecule has 0 aliphatic carbocycles. The Hall–Kier alpha value is -0.540. The summed E-state index contributed by atoms with van der Waals surface area (Å²) in [6.45, 7) is 0. The third kappa shape index (κ3) is 2.49. The minimum atomic E-state index is 0.824. The minimum Gasteiger partial charge on any atom is -0.469 e. The highest BCUT2D eigenvalue weighted by Gasteiger charge is 2.01. The van der Waals surface area contributed by atoms with Crippen molar-refractivity contribution < 1.29 is 4.42 Å². The van der Waals surface area contributed by atoms with Gasteiger partial charge in [-0.1, -0.05) is 31.9 Å². The van der Waals surface area contributed by atoms with Crippen molar-refractivity contribution in [1.29, 1.82) is 0 Å². The molecule has 0 aliphatic rings. The van der Waals surface area contributed by atoms with E-state index in [-0.39, 0.29) is 0 Å². The topological polar surface area (TPSA) is 13.1 Å². The lowest BCUT2D eigenvalue weighted by atomic mass is 10.1. The van der Waals surface area contributed by atoms with Crippen LogP contribution in [-0.4, -0.2) is 0 Å². The van der Waals surface area contributed by atoms with Crippen LogP contribution in [0.4, 0.5) is 0 Å². The predicted molar refractivity (Wildman–Crippen MR) is 63.4 cm³/mol. The van der Waals surface area contributed by atoms with E-state index in [0.717, 1.165) is 21.1 Å². The van der Waals surface area contributed by atoms with Gasteiger partial charge in [0.25, 0.3) is 0 Å². The second-order valence-electron chi connectivity index (χ2n) is 3.03. The average Bonchev–Trinajstić information content (AvgIpc) is 2.54. The van der Waals surface area contributed by atoms with Gasteiger partial charge in [-0.3, -0.25) is 0 Å². The van der Waals surface area contributed by atoms with Gasteiger partial charge in [-0.15, -0.1) is 0 Å². The van der Waals surface area contributed by atoms with Gasteiger partial charge >= 0.3 is 0 Å². The van der Waals surface area contributed by atoms with Crippen LogP contribution in [-0.2, 0) is 6.42 Å². The summed E-state index contributed by atoms with van der Waals surface area (Å²) >= 11 is 6.91. The summed E-state index contributed by atoms with van der Waals surface area (Å²) in [5.41, 5.74) is 1.22. The maximum absolute atomic E-state index is 5.29. The third-order valence-corrected chi connectivity index (χ3v) is 2.80. The molecule has 0 radical (unpaired) electrons. The number of furan rings is 1. The van der Waals surface area contributed by atoms with E-state index < -0.39 is 0 Å². The van der Waals surface area contributed by atoms with Gasteiger partial charge in [-0.2, -0.15) is 0 Å². The normalized spacial score (nSPS) is 10.4. The van der Waals surface area contributed by atoms with Crippen LogP contribution in [0.15, 0.2) is 50.0 Å². The molecule has 1 nitrogen and oxygen atoms in total. The Morgan fingerprint density at radius 1 is 1.07 bits per heavy atom. The van der Waals surface area contributed by atoms with E-state index in [1.165, 1.54) is 5.56 Å². The van der Waals surface area contributed by atoms with E-state index in [0.29, 0.717) is 0 Å². The van der Waals surface area contributed by atoms with Crippen molar-refractivity contribution in [2.45, 2.75) is 6.42 Å². The van der Waals surface area contributed by atoms with Crippen LogP contribution in [0.2, 0.25) is 0 Å². The van der Waals surface area contributed by atoms with Crippen LogP contribution >= 0.6 is 31.9 Å². The molecular weight excluding hydrogens is 308 g/mol. The summed E-state index contributed by atoms with van der Waals surface area (Å²) in [6, 6.07) is 10.1. The molecule has 0 fully saturated rings. The Morgan fingerprint density at radius 3 is 2.36 bits per heavy atom. The summed E-state index contributed by atoms with van der Waals surface area (Å²) < 4.78 is 7.44. The van der Waals surface area contributed by atoms with Gasteiger partial charge < -0.3 is 4.42 Å². The second-order valence-corrected chi connectivity index (χ2v) is 4.87. The molecule has 1 aromatic carbocycles. The highest BCUT2D eigenvalue weighted by Crippen LogP contribution is 2.22. The van der Waals surface area contributed by atoms with Crippen molar-refractivity contribution in [3.05, 3.63) is 56.9 Å². The Labute approximate surface area is 99.4 Å². The van der Waals surface area contributed by atoms with E-state index in [1.807, 2.05) is 18.2 Å². The first-order chi connectivity index (χ1) is 6.74. The smallest absolute Gasteiger partial charge is 0.108 e. The van der Waals surface area contributed by atoms with Crippen molar-refractivity contribution in [1.82, 2.24) is 0 Å². The third-order valence-electron chi connectivity index (χ3n) is 1.88. The van der Waals surface area contributed by atoms with Gasteiger partial charge in [0, 0.05) is 15.4 Å². The maximum Gasteiger partial charge on any atom is 0.108 e. The van der Waals surface area contributed by atoms with Crippen molar-refractivity contribution >= 4 is 31.9 Å². The molecule has 0 spiro atoms. The zero-order valence-corrected chi connectivity index (χ0v) is 10.5. The monoisotopic (exact) mass is 314 g/mol. The van der Waals surface area contributed by atoms with E-state index in [4.69, 9.17) is 4.42 Å². The van der Waals surface area contributed by atoms with Gasteiger partial charge in [0.15, 0.2) is 0 Å². The standard InChI is InChI=1S/C11H8Br2O/c12-9-4-8(5-10(13)7-9)6-11-2-1-3-14-11/h1-5,7H,6H2. The minimum absolute atomic E-state index is 0.824. The number of rotatable bonds is 2. The Balaban J connectivity index is 2.25. The molecule has 0 unspecified atom stereocenters. The van der Waals surface area contributed by atoms with Gasteiger partial charge in [-0.05, 0) is 35.9 Å². The molecule has 0 saturated heterocycles. The lowest BCUT2D eigenvalue weighted by Crippen LogP contribution is -1.85. The van der Waals surface area contributed by atoms with Crippen molar-refractivity contribution in [2.24, 2.45) is 0 Å². The number of hydrogen-bond acceptors (Lipinski definition) is 1. The summed E-state index contributed by atoms with van der Waals surface area (Å²) in [4.78, 5) is 0. The molecule has 14 heavy (non-hydrogen) atoms. The summed E-state index contributed by atoms with van der Waals surface area (Å²) in [5, 5.41) is 0. The molecule has 3 heteroatoms. The molecule has 0 bridgehead atoms. The lowest BCUT2D eigenvalue weighted by molar-refractivity contribution is 0.521. The first-order valence-corrected chi connectivity index (χ1v) is 5.80. The molecule has 0 aliphatic heterocycles. The van der Waals surface area contributed by atoms with E-state index in [1.54, 1.807) is 6.26 Å². The fourth-order valence-electron chi connectivity index (χ4n) is 1.33. The highest BCUT2D eigenvalue weighted by molar-refractivity contribution is 9.11. The van der Waals surface area contributed by atoms with Crippen LogP contribution in [0.5, 0.6) is 0 Å². The molecule has 2 aromatic rings. The average molecular weight is 316 g/mol. The zero-order chi connectivity index (χ0) is 9.97. The van der Waals surface area contributed by atoms with Crippen LogP contribution in [0.25, 0.3) is 0 Å². The number of benzene rings is 1. The Morgan fingerprint density at radius 2 is 1.79 bits per heavy atom. The van der Waals surface area contributed by atoms with E-state index in [2.05, 4.69) is 44.0 Å². The molecule has 72 valence electrons. The fraction of sp³-hybridized carbons (Fsp3) is 0.0909. The number of halogens is 2. The molecule has 0 N–H and O–H groups in total. The van der Waals surface area contributed by atoms with Crippen LogP contribution in [0, 0.1) is 0 Å². The van der Waals surface area contributed by atoms with Crippen LogP contribution in [0.1, 0.15) is 11.3 Å². The quantitative estimate of drug-likeness (QED) is 0.801. The summed E-state index contributed by atoms with van der Waals surface area (Å²) in [6.07, 6.45) is 2.52. The molecule has 1 aromatic heterocycles. The molecular formula is C11H8Br2O. The largest absolute Gasteiger partial charge is 0.469 e. The molecule has 0 atom stereocenters. The summed E-state index contributed by atoms with van der Waals surface area (Å²) in [5.74, 6) is 0.981. The van der Waals surface area contributed by atoms with Gasteiger partial charge in [-0.25, -0.2) is 0 Å². The zero-order valence-electron chi connectivity index (χ0n) is 7.34. The molecule has 1 heterocycles. The van der Waals surface area contributed by atoms with Crippen molar-refractivity contribution in [3.8, 4) is 0 Å². The first kappa shape index (κ1) is 9.99. The highest BCUT2D eigenvalue weighted by atomic mass is 79.9. The van der Waals surface area contributed by atoms with E-state index in [9.17, 15) is 0 Å². The van der Waals surface area contributed by atoms with Gasteiger partial charge in [0.05, 0.1) is 6.26 Å². The van der Waals surface area contributed by atoms with Crippen LogP contribution in [0.3, 0.4) is 0 Å². The van der Waals surface area contributed by atoms with Crippen LogP contribution < -0.4 is 0 Å². The first-order valence-electron chi connectivity index (χ1n) is 4.21. The van der Waals surface area contributed by atoms with Crippen molar-refractivity contribution in [3.63, 3.8) is 0 Å². The second kappa shape index (κ2) is 4.32. The lowest BCUT2D eigenvalue weighted by Gasteiger charge is -2.00. The Bertz CT molecular complexity index is 401. The molecule has 0 amide bonds. The summed E-state index contributed by atoms with van der Waals surface area (Å²) in [7, 11) is 0. The van der Waals surface area contributed by atoms with Gasteiger partial charge in [0.1, 0.15) is 5.76 Å². The van der Waals surface area contributed by atoms with Crippen molar-refractivity contribution in [2.75, 3.05) is 0 Å². The van der Waals surface area contributed by atoms with Gasteiger partial charge in [0.2, 0.25) is 0 Å². The maximum atomic E-state index is 5.29. The SMILES string of the molecule is Brc1cc(Br)cc(Cc2ccco2)c1. The Kier molecular flexibility index (Phi) is 3.08. The molecule has 2 rings (SSSR count). The van der Waals surface area contributed by atoms with E-state index >= 15 is 0 Å². The molecule has 0 saturated carbocycles. The fourth-order valence-corrected chi connectivity index (χ4v) is 2.72. The predicted octanol–water partition coefficient (Wildman–Crippen LogP) is 4.40.